The average Bonchev–Trinajstić information content (AvgIpc) is 3.14. The highest BCUT2D eigenvalue weighted by Crippen LogP contribution is 2.31. The van der Waals surface area contributed by atoms with Gasteiger partial charge >= 0.3 is 0 Å². The molecule has 1 amide bonds. The zero-order valence-corrected chi connectivity index (χ0v) is 19.7. The molecule has 31 heavy (non-hydrogen) atoms. The van der Waals surface area contributed by atoms with Crippen molar-refractivity contribution in [2.75, 3.05) is 25.5 Å². The number of aliphatic hydroxyl groups excluding tert-OH is 1. The van der Waals surface area contributed by atoms with Gasteiger partial charge in [0.05, 0.1) is 20.1 Å². The maximum Gasteiger partial charge on any atom is 0.250 e. The van der Waals surface area contributed by atoms with Crippen molar-refractivity contribution in [3.8, 4) is 5.75 Å². The predicted molar refractivity (Wildman–Crippen MR) is 129 cm³/mol. The molecule has 0 radical (unpaired) electrons. The molecular formula is C21H27N5O3SSi. The van der Waals surface area contributed by atoms with E-state index in [2.05, 4.69) is 22.2 Å². The molecule has 0 saturated carbocycles. The summed E-state index contributed by atoms with van der Waals surface area (Å²) in [5, 5.41) is 16.6. The van der Waals surface area contributed by atoms with Gasteiger partial charge < -0.3 is 31.1 Å². The van der Waals surface area contributed by atoms with Crippen LogP contribution < -0.4 is 21.1 Å². The normalized spacial score (nSPS) is 17.0. The van der Waals surface area contributed by atoms with Gasteiger partial charge in [-0.2, -0.15) is 0 Å². The Kier molecular flexibility index (Phi) is 7.48. The number of hydrogen-bond donors (Lipinski definition) is 4. The Morgan fingerprint density at radius 2 is 2.32 bits per heavy atom. The van der Waals surface area contributed by atoms with Crippen molar-refractivity contribution in [2.24, 2.45) is 5.73 Å². The summed E-state index contributed by atoms with van der Waals surface area (Å²) in [5.41, 5.74) is 7.02. The van der Waals surface area contributed by atoms with Crippen molar-refractivity contribution in [3.05, 3.63) is 54.5 Å². The van der Waals surface area contributed by atoms with E-state index in [0.29, 0.717) is 17.0 Å². The summed E-state index contributed by atoms with van der Waals surface area (Å²) in [6.45, 7) is 5.38. The molecule has 0 bridgehead atoms. The monoisotopic (exact) mass is 457 g/mol. The summed E-state index contributed by atoms with van der Waals surface area (Å²) in [6.07, 6.45) is 6.49. The Morgan fingerprint density at radius 3 is 3.03 bits per heavy atom. The van der Waals surface area contributed by atoms with E-state index in [0.717, 1.165) is 41.3 Å². The average molecular weight is 458 g/mol. The van der Waals surface area contributed by atoms with Gasteiger partial charge in [-0.1, -0.05) is 17.9 Å². The number of aromatic nitrogens is 1. The third kappa shape index (κ3) is 5.95. The number of carbonyl (C=O) groups excluding carboxylic acids is 1. The van der Waals surface area contributed by atoms with Gasteiger partial charge in [0.25, 0.3) is 5.91 Å². The Balaban J connectivity index is 1.74. The zero-order chi connectivity index (χ0) is 22.4. The van der Waals surface area contributed by atoms with Gasteiger partial charge in [0, 0.05) is 37.8 Å². The number of ether oxygens (including phenoxy) is 1. The molecule has 1 aliphatic rings. The van der Waals surface area contributed by atoms with Gasteiger partial charge in [-0.05, 0) is 43.3 Å². The van der Waals surface area contributed by atoms with Crippen molar-refractivity contribution < 1.29 is 14.6 Å². The highest BCUT2D eigenvalue weighted by atomic mass is 32.1. The Hall–Kier alpha value is -3.11. The molecule has 1 fully saturated rings. The van der Waals surface area contributed by atoms with Crippen molar-refractivity contribution in [1.82, 2.24) is 15.2 Å². The standard InChI is InChI=1S/C21H27N5O3SSi/c1-13(19(27)23-2)10-16(7-8-22)29-15-5-6-17-18(11-15)30-20(25-17)24-14-4-3-9-26(12-14)21(28)31/h5-8,10-11,14,28H,1,3-4,9,12,22,31H2,2H3,(H,23,27)(H,24,25)/b8-7-,16-10+/t14-/m0/s1. The summed E-state index contributed by atoms with van der Waals surface area (Å²) in [6, 6.07) is 5.85. The molecule has 1 aliphatic heterocycles. The van der Waals surface area contributed by atoms with E-state index in [9.17, 15) is 9.90 Å². The highest BCUT2D eigenvalue weighted by Gasteiger charge is 2.21. The van der Waals surface area contributed by atoms with Crippen LogP contribution in [0.1, 0.15) is 12.8 Å². The van der Waals surface area contributed by atoms with Gasteiger partial charge in [-0.3, -0.25) is 4.79 Å². The summed E-state index contributed by atoms with van der Waals surface area (Å²) >= 11 is 1.55. The second-order valence-electron chi connectivity index (χ2n) is 7.11. The lowest BCUT2D eigenvalue weighted by Gasteiger charge is -2.33. The summed E-state index contributed by atoms with van der Waals surface area (Å²) in [4.78, 5) is 18.4. The SMILES string of the molecule is C=C(/C=C(\C=C/N)Oc1ccc2nc(N[C@H]3CCCN(C(O)=[SiH2])C3)sc2c1)C(=O)NC. The molecule has 0 unspecified atom stereocenters. The summed E-state index contributed by atoms with van der Waals surface area (Å²) in [5.74, 6) is 0.708. The number of carbonyl (C=O) groups is 1. The maximum atomic E-state index is 11.7. The number of nitrogens with one attached hydrogen (secondary N) is 2. The lowest BCUT2D eigenvalue weighted by atomic mass is 10.1. The smallest absolute Gasteiger partial charge is 0.250 e. The second-order valence-corrected chi connectivity index (χ2v) is 8.77. The fourth-order valence-electron chi connectivity index (χ4n) is 3.27. The number of rotatable bonds is 8. The van der Waals surface area contributed by atoms with E-state index in [-0.39, 0.29) is 17.5 Å². The van der Waals surface area contributed by atoms with Crippen LogP contribution in [0.2, 0.25) is 0 Å². The van der Waals surface area contributed by atoms with Crippen LogP contribution in [0.5, 0.6) is 5.75 Å². The number of nitrogens with zero attached hydrogens (tertiary/aromatic N) is 2. The molecule has 164 valence electrons. The number of amides is 1. The van der Waals surface area contributed by atoms with E-state index >= 15 is 0 Å². The van der Waals surface area contributed by atoms with E-state index in [1.165, 1.54) is 22.1 Å². The number of nitrogens with two attached hydrogens (primary N) is 1. The quantitative estimate of drug-likeness (QED) is 0.205. The van der Waals surface area contributed by atoms with Crippen LogP contribution in [-0.4, -0.2) is 62.4 Å². The number of aliphatic hydroxyl groups is 1. The largest absolute Gasteiger partial charge is 0.500 e. The highest BCUT2D eigenvalue weighted by molar-refractivity contribution is 7.22. The molecule has 0 aliphatic carbocycles. The first kappa shape index (κ1) is 22.6. The lowest BCUT2D eigenvalue weighted by molar-refractivity contribution is -0.116. The van der Waals surface area contributed by atoms with E-state index in [1.54, 1.807) is 24.5 Å². The lowest BCUT2D eigenvalue weighted by Crippen LogP contribution is -2.45. The summed E-state index contributed by atoms with van der Waals surface area (Å²) < 4.78 is 6.88. The molecule has 5 N–H and O–H groups in total. The van der Waals surface area contributed by atoms with Crippen LogP contribution in [0.3, 0.4) is 0 Å². The van der Waals surface area contributed by atoms with E-state index in [1.807, 2.05) is 23.1 Å². The fourth-order valence-corrected chi connectivity index (χ4v) is 4.53. The van der Waals surface area contributed by atoms with Gasteiger partial charge in [-0.15, -0.1) is 0 Å². The Bertz CT molecular complexity index is 1050. The molecular weight excluding hydrogens is 430 g/mol. The van der Waals surface area contributed by atoms with Gasteiger partial charge in [-0.25, -0.2) is 4.98 Å². The first-order valence-electron chi connectivity index (χ1n) is 9.88. The van der Waals surface area contributed by atoms with Gasteiger partial charge in [0.15, 0.2) is 5.13 Å². The van der Waals surface area contributed by atoms with Crippen molar-refractivity contribution in [2.45, 2.75) is 18.9 Å². The molecule has 1 saturated heterocycles. The van der Waals surface area contributed by atoms with Crippen LogP contribution in [0.25, 0.3) is 10.2 Å². The topological polar surface area (TPSA) is 113 Å². The van der Waals surface area contributed by atoms with Crippen molar-refractivity contribution in [1.29, 1.82) is 0 Å². The molecule has 1 atom stereocenters. The molecule has 1 aromatic heterocycles. The van der Waals surface area contributed by atoms with Crippen LogP contribution in [0.4, 0.5) is 5.13 Å². The van der Waals surface area contributed by atoms with Crippen molar-refractivity contribution in [3.63, 3.8) is 0 Å². The number of allylic oxidation sites excluding steroid dienone is 1. The first-order chi connectivity index (χ1) is 14.9. The number of likely N-dealkylation sites (tertiary alicyclic amines) is 1. The van der Waals surface area contributed by atoms with Crippen LogP contribution in [0, 0.1) is 0 Å². The van der Waals surface area contributed by atoms with Crippen LogP contribution in [-0.2, 0) is 4.79 Å². The van der Waals surface area contributed by atoms with Crippen molar-refractivity contribution >= 4 is 47.9 Å². The van der Waals surface area contributed by atoms with Gasteiger partial charge in [0.1, 0.15) is 17.0 Å². The Morgan fingerprint density at radius 1 is 1.52 bits per heavy atom. The van der Waals surface area contributed by atoms with E-state index in [4.69, 9.17) is 10.5 Å². The number of fused-ring (bicyclic) bond motifs is 1. The number of hydrogen-bond acceptors (Lipinski definition) is 8. The number of anilines is 1. The fraction of sp³-hybridized carbons (Fsp3) is 0.286. The second kappa shape index (κ2) is 10.3. The number of thiazole rings is 1. The zero-order valence-electron chi connectivity index (χ0n) is 17.4. The predicted octanol–water partition coefficient (Wildman–Crippen LogP) is 1.30. The Labute approximate surface area is 188 Å². The molecule has 0 spiro atoms. The third-order valence-corrected chi connectivity index (χ3v) is 6.20. The minimum absolute atomic E-state index is 0.233. The third-order valence-electron chi connectivity index (χ3n) is 4.81. The minimum Gasteiger partial charge on any atom is -0.500 e. The van der Waals surface area contributed by atoms with E-state index < -0.39 is 0 Å². The molecule has 8 nitrogen and oxygen atoms in total. The molecule has 2 heterocycles. The number of benzene rings is 1. The van der Waals surface area contributed by atoms with Gasteiger partial charge in [0.2, 0.25) is 0 Å². The summed E-state index contributed by atoms with van der Waals surface area (Å²) in [7, 11) is 3.05. The number of likely N-dealkylation sites (N-methyl/N-ethyl adjacent to an activating group) is 1. The molecule has 1 aromatic carbocycles. The van der Waals surface area contributed by atoms with Crippen LogP contribution >= 0.6 is 11.3 Å². The first-order valence-corrected chi connectivity index (χ1v) is 11.4. The minimum atomic E-state index is -0.295. The molecule has 2 aromatic rings. The maximum absolute atomic E-state index is 11.7. The van der Waals surface area contributed by atoms with Crippen LogP contribution in [0.15, 0.2) is 54.5 Å². The molecule has 10 heteroatoms. The number of piperidine rings is 1. The molecule has 3 rings (SSSR count).